The molecule has 0 radical (unpaired) electrons. The molecule has 0 aliphatic carbocycles. The normalized spacial score (nSPS) is 11.5. The van der Waals surface area contributed by atoms with Gasteiger partial charge >= 0.3 is 0 Å². The van der Waals surface area contributed by atoms with E-state index in [4.69, 9.17) is 0 Å². The van der Waals surface area contributed by atoms with E-state index in [1.807, 2.05) is 6.92 Å². The Bertz CT molecular complexity index is 123. The minimum atomic E-state index is 0. The van der Waals surface area contributed by atoms with Crippen LogP contribution in [0.1, 0.15) is 33.1 Å². The Morgan fingerprint density at radius 2 is 2.09 bits per heavy atom. The molecule has 3 heteroatoms. The fourth-order valence-corrected chi connectivity index (χ4v) is 0.684. The van der Waals surface area contributed by atoms with Gasteiger partial charge in [-0.1, -0.05) is 13.3 Å². The average molecular weight is 193 g/mol. The third kappa shape index (κ3) is 7.77. The van der Waals surface area contributed by atoms with E-state index in [2.05, 4.69) is 0 Å². The van der Waals surface area contributed by atoms with Gasteiger partial charge in [0, 0.05) is 23.3 Å². The van der Waals surface area contributed by atoms with Crippen molar-refractivity contribution in [2.24, 2.45) is 5.92 Å². The van der Waals surface area contributed by atoms with Crippen LogP contribution in [0.2, 0.25) is 0 Å². The maximum atomic E-state index is 10.6. The first kappa shape index (κ1) is 13.5. The largest absolute Gasteiger partial charge is 0.542 e. The zero-order valence-electron chi connectivity index (χ0n) is 6.92. The molecule has 2 nitrogen and oxygen atoms in total. The van der Waals surface area contributed by atoms with Crippen molar-refractivity contribution in [2.75, 3.05) is 0 Å². The average Bonchev–Trinajstić information content (AvgIpc) is 1.88. The van der Waals surface area contributed by atoms with Crippen molar-refractivity contribution in [1.29, 1.82) is 0 Å². The van der Waals surface area contributed by atoms with Gasteiger partial charge in [0.15, 0.2) is 0 Å². The molecular formula is C8H13CrO2-. The van der Waals surface area contributed by atoms with E-state index < -0.39 is 0 Å². The standard InChI is InChI=1S/C8H13O2.Cr/c1-7(8(2)10)5-3-4-6-9;/h7H,3-5H2,1-2H3;/q-1;. The molecule has 0 aromatic carbocycles. The van der Waals surface area contributed by atoms with Crippen LogP contribution in [0.4, 0.5) is 0 Å². The number of Topliss-reactive ketones (excluding diaryl/α,β-unsaturated/α-hetero) is 1. The van der Waals surface area contributed by atoms with Crippen LogP contribution in [0.3, 0.4) is 0 Å². The van der Waals surface area contributed by atoms with Crippen LogP contribution in [0.5, 0.6) is 0 Å². The van der Waals surface area contributed by atoms with Crippen molar-refractivity contribution < 1.29 is 27.0 Å². The molecule has 0 aliphatic rings. The molecule has 0 aromatic rings. The maximum absolute atomic E-state index is 10.6. The zero-order chi connectivity index (χ0) is 7.98. The Morgan fingerprint density at radius 3 is 2.45 bits per heavy atom. The Labute approximate surface area is 78.5 Å². The van der Waals surface area contributed by atoms with Gasteiger partial charge in [0.05, 0.1) is 0 Å². The third-order valence-electron chi connectivity index (χ3n) is 1.61. The summed E-state index contributed by atoms with van der Waals surface area (Å²) in [5, 5.41) is 0. The molecule has 0 amide bonds. The summed E-state index contributed by atoms with van der Waals surface area (Å²) in [5.41, 5.74) is 0. The van der Waals surface area contributed by atoms with Gasteiger partial charge in [-0.05, 0) is 13.3 Å². The van der Waals surface area contributed by atoms with Crippen molar-refractivity contribution in [3.05, 3.63) is 0 Å². The summed E-state index contributed by atoms with van der Waals surface area (Å²) in [6, 6.07) is 0. The van der Waals surface area contributed by atoms with Gasteiger partial charge < -0.3 is 4.79 Å². The Balaban J connectivity index is 0. The van der Waals surface area contributed by atoms with Gasteiger partial charge in [-0.25, -0.2) is 0 Å². The molecule has 1 unspecified atom stereocenters. The van der Waals surface area contributed by atoms with Gasteiger partial charge in [0.1, 0.15) is 5.78 Å². The van der Waals surface area contributed by atoms with Crippen LogP contribution < -0.4 is 0 Å². The molecule has 1 atom stereocenters. The van der Waals surface area contributed by atoms with Gasteiger partial charge in [-0.2, -0.15) is 6.42 Å². The molecule has 0 saturated heterocycles. The predicted octanol–water partition coefficient (Wildman–Crippen LogP) is 1.49. The second kappa shape index (κ2) is 7.97. The molecule has 0 saturated carbocycles. The van der Waals surface area contributed by atoms with Gasteiger partial charge in [0.25, 0.3) is 0 Å². The topological polar surface area (TPSA) is 34.1 Å². The van der Waals surface area contributed by atoms with Crippen LogP contribution in [-0.4, -0.2) is 12.1 Å². The smallest absolute Gasteiger partial charge is 0.132 e. The van der Waals surface area contributed by atoms with Crippen molar-refractivity contribution in [3.63, 3.8) is 0 Å². The zero-order valence-corrected chi connectivity index (χ0v) is 8.20. The van der Waals surface area contributed by atoms with E-state index in [9.17, 15) is 9.59 Å². The maximum Gasteiger partial charge on any atom is 0.132 e. The number of rotatable bonds is 5. The van der Waals surface area contributed by atoms with Gasteiger partial charge in [0.2, 0.25) is 0 Å². The SMILES string of the molecule is CC(=O)C(C)CCC[C-]=O.[Cr]. The molecule has 0 heterocycles. The number of carbonyl (C=O) groups excluding carboxylic acids is 2. The molecule has 0 spiro atoms. The fraction of sp³-hybridized carbons (Fsp3) is 0.750. The summed E-state index contributed by atoms with van der Waals surface area (Å²) in [6.45, 7) is 3.46. The van der Waals surface area contributed by atoms with Gasteiger partial charge in [-0.15, -0.1) is 0 Å². The number of hydrogen-bond acceptors (Lipinski definition) is 2. The van der Waals surface area contributed by atoms with Crippen LogP contribution in [0, 0.1) is 5.92 Å². The van der Waals surface area contributed by atoms with Crippen LogP contribution in [-0.2, 0) is 27.0 Å². The summed E-state index contributed by atoms with van der Waals surface area (Å²) in [5.74, 6) is 0.305. The molecule has 11 heavy (non-hydrogen) atoms. The number of carbonyl (C=O) groups is 1. The van der Waals surface area contributed by atoms with Gasteiger partial charge in [-0.3, -0.25) is 11.1 Å². The molecular weight excluding hydrogens is 180 g/mol. The first-order valence-electron chi connectivity index (χ1n) is 3.54. The molecule has 0 bridgehead atoms. The summed E-state index contributed by atoms with van der Waals surface area (Å²) in [4.78, 5) is 20.4. The number of unbranched alkanes of at least 4 members (excludes halogenated alkanes) is 1. The Kier molecular flexibility index (Phi) is 9.76. The monoisotopic (exact) mass is 193 g/mol. The van der Waals surface area contributed by atoms with Crippen molar-refractivity contribution in [1.82, 2.24) is 0 Å². The van der Waals surface area contributed by atoms with Crippen molar-refractivity contribution >= 4 is 12.1 Å². The molecule has 0 rings (SSSR count). The third-order valence-corrected chi connectivity index (χ3v) is 1.61. The van der Waals surface area contributed by atoms with E-state index in [0.717, 1.165) is 12.8 Å². The summed E-state index contributed by atoms with van der Waals surface area (Å²) >= 11 is 0. The number of ketones is 1. The number of hydrogen-bond donors (Lipinski definition) is 0. The van der Waals surface area contributed by atoms with E-state index in [0.29, 0.717) is 6.42 Å². The minimum Gasteiger partial charge on any atom is -0.542 e. The van der Waals surface area contributed by atoms with E-state index in [1.165, 1.54) is 0 Å². The second-order valence-corrected chi connectivity index (χ2v) is 2.55. The van der Waals surface area contributed by atoms with Crippen LogP contribution in [0.15, 0.2) is 0 Å². The summed E-state index contributed by atoms with van der Waals surface area (Å²) in [7, 11) is 0. The minimum absolute atomic E-state index is 0. The molecule has 0 N–H and O–H groups in total. The molecule has 64 valence electrons. The quantitative estimate of drug-likeness (QED) is 0.489. The molecule has 0 aromatic heterocycles. The first-order valence-corrected chi connectivity index (χ1v) is 3.54. The molecule has 0 fully saturated rings. The van der Waals surface area contributed by atoms with E-state index >= 15 is 0 Å². The predicted molar refractivity (Wildman–Crippen MR) is 39.4 cm³/mol. The van der Waals surface area contributed by atoms with Crippen LogP contribution >= 0.6 is 0 Å². The molecule has 0 aliphatic heterocycles. The van der Waals surface area contributed by atoms with E-state index in [-0.39, 0.29) is 29.1 Å². The Morgan fingerprint density at radius 1 is 1.55 bits per heavy atom. The second-order valence-electron chi connectivity index (χ2n) is 2.55. The van der Waals surface area contributed by atoms with Crippen molar-refractivity contribution in [2.45, 2.75) is 33.1 Å². The fourth-order valence-electron chi connectivity index (χ4n) is 0.684. The summed E-state index contributed by atoms with van der Waals surface area (Å²) < 4.78 is 0. The van der Waals surface area contributed by atoms with E-state index in [1.54, 1.807) is 13.2 Å². The van der Waals surface area contributed by atoms with Crippen molar-refractivity contribution in [3.8, 4) is 0 Å². The first-order chi connectivity index (χ1) is 4.68. The Hall–Kier alpha value is -0.128. The summed E-state index contributed by atoms with van der Waals surface area (Å²) in [6.07, 6.45) is 3.85. The van der Waals surface area contributed by atoms with Crippen LogP contribution in [0.25, 0.3) is 0 Å².